The van der Waals surface area contributed by atoms with Crippen molar-refractivity contribution in [2.75, 3.05) is 6.54 Å². The SMILES string of the molecule is C[C@@H]1CCCCCN1C(=O)Cc1ccccc1F. The Morgan fingerprint density at radius 2 is 2.11 bits per heavy atom. The zero-order chi connectivity index (χ0) is 13.0. The molecule has 18 heavy (non-hydrogen) atoms. The minimum Gasteiger partial charge on any atom is -0.340 e. The summed E-state index contributed by atoms with van der Waals surface area (Å²) in [7, 11) is 0. The zero-order valence-electron chi connectivity index (χ0n) is 10.9. The zero-order valence-corrected chi connectivity index (χ0v) is 10.9. The number of benzene rings is 1. The van der Waals surface area contributed by atoms with Crippen molar-refractivity contribution in [3.8, 4) is 0 Å². The molecule has 3 heteroatoms. The molecule has 1 aromatic rings. The van der Waals surface area contributed by atoms with Crippen molar-refractivity contribution < 1.29 is 9.18 Å². The second-order valence-corrected chi connectivity index (χ2v) is 5.05. The quantitative estimate of drug-likeness (QED) is 0.788. The van der Waals surface area contributed by atoms with Gasteiger partial charge in [-0.3, -0.25) is 4.79 Å². The molecule has 0 unspecified atom stereocenters. The highest BCUT2D eigenvalue weighted by Gasteiger charge is 2.22. The van der Waals surface area contributed by atoms with Gasteiger partial charge in [-0.05, 0) is 31.4 Å². The van der Waals surface area contributed by atoms with Gasteiger partial charge in [-0.15, -0.1) is 0 Å². The monoisotopic (exact) mass is 249 g/mol. The molecule has 1 amide bonds. The summed E-state index contributed by atoms with van der Waals surface area (Å²) < 4.78 is 13.5. The van der Waals surface area contributed by atoms with E-state index in [4.69, 9.17) is 0 Å². The first-order valence-corrected chi connectivity index (χ1v) is 6.71. The smallest absolute Gasteiger partial charge is 0.227 e. The third-order valence-electron chi connectivity index (χ3n) is 3.67. The van der Waals surface area contributed by atoms with Crippen LogP contribution in [0.5, 0.6) is 0 Å². The second-order valence-electron chi connectivity index (χ2n) is 5.05. The minimum absolute atomic E-state index is 0.0505. The Morgan fingerprint density at radius 3 is 2.89 bits per heavy atom. The highest BCUT2D eigenvalue weighted by Crippen LogP contribution is 2.18. The van der Waals surface area contributed by atoms with Crippen LogP contribution in [-0.2, 0) is 11.2 Å². The van der Waals surface area contributed by atoms with E-state index in [0.29, 0.717) is 5.56 Å². The number of carbonyl (C=O) groups excluding carboxylic acids is 1. The lowest BCUT2D eigenvalue weighted by Gasteiger charge is -2.27. The van der Waals surface area contributed by atoms with Crippen molar-refractivity contribution in [3.63, 3.8) is 0 Å². The van der Waals surface area contributed by atoms with Crippen LogP contribution >= 0.6 is 0 Å². The molecule has 1 heterocycles. The fourth-order valence-corrected chi connectivity index (χ4v) is 2.55. The summed E-state index contributed by atoms with van der Waals surface area (Å²) in [5.74, 6) is -0.233. The first kappa shape index (κ1) is 13.1. The van der Waals surface area contributed by atoms with E-state index in [2.05, 4.69) is 6.92 Å². The molecule has 1 fully saturated rings. The predicted molar refractivity (Wildman–Crippen MR) is 69.7 cm³/mol. The Hall–Kier alpha value is -1.38. The molecule has 98 valence electrons. The number of hydrogen-bond donors (Lipinski definition) is 0. The molecule has 2 nitrogen and oxygen atoms in total. The van der Waals surface area contributed by atoms with Crippen molar-refractivity contribution >= 4 is 5.91 Å². The maximum absolute atomic E-state index is 13.5. The van der Waals surface area contributed by atoms with Crippen molar-refractivity contribution in [3.05, 3.63) is 35.6 Å². The fourth-order valence-electron chi connectivity index (χ4n) is 2.55. The molecule has 0 spiro atoms. The first-order chi connectivity index (χ1) is 8.68. The van der Waals surface area contributed by atoms with Gasteiger partial charge in [-0.1, -0.05) is 31.0 Å². The number of halogens is 1. The lowest BCUT2D eigenvalue weighted by atomic mass is 10.1. The third-order valence-corrected chi connectivity index (χ3v) is 3.67. The summed E-state index contributed by atoms with van der Waals surface area (Å²) in [5, 5.41) is 0. The van der Waals surface area contributed by atoms with E-state index in [1.165, 1.54) is 18.9 Å². The molecule has 0 N–H and O–H groups in total. The van der Waals surface area contributed by atoms with Crippen LogP contribution < -0.4 is 0 Å². The molecular formula is C15H20FNO. The Labute approximate surface area is 108 Å². The highest BCUT2D eigenvalue weighted by atomic mass is 19.1. The van der Waals surface area contributed by atoms with E-state index in [9.17, 15) is 9.18 Å². The Morgan fingerprint density at radius 1 is 1.33 bits per heavy atom. The van der Waals surface area contributed by atoms with Gasteiger partial charge in [0.15, 0.2) is 0 Å². The molecule has 1 atom stereocenters. The van der Waals surface area contributed by atoms with Gasteiger partial charge in [0.1, 0.15) is 5.82 Å². The molecular weight excluding hydrogens is 229 g/mol. The van der Waals surface area contributed by atoms with E-state index >= 15 is 0 Å². The van der Waals surface area contributed by atoms with Gasteiger partial charge in [-0.2, -0.15) is 0 Å². The molecule has 0 bridgehead atoms. The minimum atomic E-state index is -0.284. The topological polar surface area (TPSA) is 20.3 Å². The van der Waals surface area contributed by atoms with E-state index in [0.717, 1.165) is 19.4 Å². The Balaban J connectivity index is 2.04. The summed E-state index contributed by atoms with van der Waals surface area (Å²) in [5.41, 5.74) is 0.499. The van der Waals surface area contributed by atoms with E-state index in [1.54, 1.807) is 18.2 Å². The lowest BCUT2D eigenvalue weighted by Crippen LogP contribution is -2.39. The number of amides is 1. The molecule has 1 aliphatic rings. The average molecular weight is 249 g/mol. The number of carbonyl (C=O) groups is 1. The number of hydrogen-bond acceptors (Lipinski definition) is 1. The summed E-state index contributed by atoms with van der Waals surface area (Å²) in [6.07, 6.45) is 4.67. The van der Waals surface area contributed by atoms with E-state index < -0.39 is 0 Å². The van der Waals surface area contributed by atoms with Crippen LogP contribution in [0, 0.1) is 5.82 Å². The molecule has 2 rings (SSSR count). The van der Waals surface area contributed by atoms with Crippen molar-refractivity contribution in [2.45, 2.75) is 45.1 Å². The van der Waals surface area contributed by atoms with Crippen LogP contribution in [0.3, 0.4) is 0 Å². The Bertz CT molecular complexity index is 419. The summed E-state index contributed by atoms with van der Waals surface area (Å²) >= 11 is 0. The molecule has 0 aliphatic carbocycles. The van der Waals surface area contributed by atoms with Crippen LogP contribution in [0.1, 0.15) is 38.2 Å². The van der Waals surface area contributed by atoms with Crippen LogP contribution in [0.4, 0.5) is 4.39 Å². The summed E-state index contributed by atoms with van der Waals surface area (Å²) in [6.45, 7) is 2.90. The van der Waals surface area contributed by atoms with Gasteiger partial charge in [0, 0.05) is 12.6 Å². The maximum Gasteiger partial charge on any atom is 0.227 e. The number of likely N-dealkylation sites (tertiary alicyclic amines) is 1. The molecule has 0 aromatic heterocycles. The van der Waals surface area contributed by atoms with Gasteiger partial charge < -0.3 is 4.90 Å². The van der Waals surface area contributed by atoms with E-state index in [-0.39, 0.29) is 24.2 Å². The standard InChI is InChI=1S/C15H20FNO/c1-12-7-3-2-6-10-17(12)15(18)11-13-8-4-5-9-14(13)16/h4-5,8-9,12H,2-3,6-7,10-11H2,1H3/t12-/m1/s1. The number of rotatable bonds is 2. The largest absolute Gasteiger partial charge is 0.340 e. The summed E-state index contributed by atoms with van der Waals surface area (Å²) in [6, 6.07) is 6.81. The van der Waals surface area contributed by atoms with Gasteiger partial charge in [0.05, 0.1) is 6.42 Å². The van der Waals surface area contributed by atoms with Crippen molar-refractivity contribution in [2.24, 2.45) is 0 Å². The third kappa shape index (κ3) is 3.09. The van der Waals surface area contributed by atoms with Gasteiger partial charge in [0.2, 0.25) is 5.91 Å². The average Bonchev–Trinajstić information content (AvgIpc) is 2.57. The van der Waals surface area contributed by atoms with Crippen LogP contribution in [0.15, 0.2) is 24.3 Å². The maximum atomic E-state index is 13.5. The summed E-state index contributed by atoms with van der Waals surface area (Å²) in [4.78, 5) is 14.2. The molecule has 0 saturated carbocycles. The lowest BCUT2D eigenvalue weighted by molar-refractivity contribution is -0.132. The van der Waals surface area contributed by atoms with Crippen LogP contribution in [-0.4, -0.2) is 23.4 Å². The molecule has 1 saturated heterocycles. The normalized spacial score (nSPS) is 20.6. The van der Waals surface area contributed by atoms with Crippen molar-refractivity contribution in [1.29, 1.82) is 0 Å². The van der Waals surface area contributed by atoms with Gasteiger partial charge >= 0.3 is 0 Å². The highest BCUT2D eigenvalue weighted by molar-refractivity contribution is 5.79. The molecule has 0 radical (unpaired) electrons. The van der Waals surface area contributed by atoms with Crippen LogP contribution in [0.2, 0.25) is 0 Å². The van der Waals surface area contributed by atoms with Gasteiger partial charge in [-0.25, -0.2) is 4.39 Å². The van der Waals surface area contributed by atoms with Crippen LogP contribution in [0.25, 0.3) is 0 Å². The molecule has 1 aliphatic heterocycles. The van der Waals surface area contributed by atoms with Crippen molar-refractivity contribution in [1.82, 2.24) is 4.90 Å². The molecule has 1 aromatic carbocycles. The number of nitrogens with zero attached hydrogens (tertiary/aromatic N) is 1. The fraction of sp³-hybridized carbons (Fsp3) is 0.533. The Kier molecular flexibility index (Phi) is 4.34. The predicted octanol–water partition coefficient (Wildman–Crippen LogP) is 3.16. The van der Waals surface area contributed by atoms with E-state index in [1.807, 2.05) is 4.90 Å². The second kappa shape index (κ2) is 5.98. The first-order valence-electron chi connectivity index (χ1n) is 6.71. The van der Waals surface area contributed by atoms with Gasteiger partial charge in [0.25, 0.3) is 0 Å².